The molecule has 5 heteroatoms. The average Bonchev–Trinajstić information content (AvgIpc) is 2.63. The smallest absolute Gasteiger partial charge is 0.130 e. The van der Waals surface area contributed by atoms with E-state index in [2.05, 4.69) is 15.9 Å². The number of aliphatic hydroxyl groups excluding tert-OH is 1. The van der Waals surface area contributed by atoms with Crippen molar-refractivity contribution in [2.75, 3.05) is 0 Å². The lowest BCUT2D eigenvalue weighted by molar-refractivity contribution is 0.174. The lowest BCUT2D eigenvalue weighted by Gasteiger charge is -2.10. The van der Waals surface area contributed by atoms with Gasteiger partial charge in [0.1, 0.15) is 5.82 Å². The maximum atomic E-state index is 13.6. The number of rotatable bonds is 3. The topological polar surface area (TPSA) is 20.2 Å². The molecule has 1 atom stereocenters. The first-order valence-corrected chi connectivity index (χ1v) is 6.97. The van der Waals surface area contributed by atoms with Crippen molar-refractivity contribution in [3.05, 3.63) is 55.4 Å². The molecular weight excluding hydrogens is 327 g/mol. The summed E-state index contributed by atoms with van der Waals surface area (Å²) in [6.45, 7) is 0. The molecule has 0 amide bonds. The van der Waals surface area contributed by atoms with Crippen LogP contribution in [0.2, 0.25) is 5.02 Å². The molecule has 0 bridgehead atoms. The summed E-state index contributed by atoms with van der Waals surface area (Å²) in [5, 5.41) is 12.2. The molecule has 1 heterocycles. The molecule has 1 aromatic heterocycles. The second-order valence-electron chi connectivity index (χ2n) is 3.62. The predicted octanol–water partition coefficient (Wildman–Crippen LogP) is 4.58. The predicted molar refractivity (Wildman–Crippen MR) is 72.1 cm³/mol. The molecule has 0 saturated carbocycles. The van der Waals surface area contributed by atoms with Crippen molar-refractivity contribution in [3.63, 3.8) is 0 Å². The summed E-state index contributed by atoms with van der Waals surface area (Å²) < 4.78 is 14.5. The Hall–Kier alpha value is -0.420. The van der Waals surface area contributed by atoms with Gasteiger partial charge in [-0.3, -0.25) is 0 Å². The molecule has 1 aromatic carbocycles. The molecule has 0 saturated heterocycles. The van der Waals surface area contributed by atoms with Crippen molar-refractivity contribution in [2.45, 2.75) is 12.5 Å². The largest absolute Gasteiger partial charge is 0.388 e. The van der Waals surface area contributed by atoms with Crippen LogP contribution in [0.1, 0.15) is 16.5 Å². The number of aliphatic hydroxyl groups is 1. The second-order valence-corrected chi connectivity index (χ2v) is 5.96. The van der Waals surface area contributed by atoms with Crippen LogP contribution in [-0.2, 0) is 6.42 Å². The highest BCUT2D eigenvalue weighted by Crippen LogP contribution is 2.27. The molecule has 0 aliphatic rings. The highest BCUT2D eigenvalue weighted by atomic mass is 79.9. The van der Waals surface area contributed by atoms with Crippen molar-refractivity contribution in [3.8, 4) is 0 Å². The summed E-state index contributed by atoms with van der Waals surface area (Å²) >= 11 is 10.5. The third kappa shape index (κ3) is 3.28. The standard InChI is InChI=1S/C12H9BrClFOS/c13-7-3-9(17-6-7)5-12(16)10-2-1-8(14)4-11(10)15/h1-4,6,12,16H,5H2. The molecule has 2 rings (SSSR count). The monoisotopic (exact) mass is 334 g/mol. The van der Waals surface area contributed by atoms with Gasteiger partial charge in [0.2, 0.25) is 0 Å². The number of hydrogen-bond donors (Lipinski definition) is 1. The highest BCUT2D eigenvalue weighted by molar-refractivity contribution is 9.10. The molecule has 0 aliphatic carbocycles. The van der Waals surface area contributed by atoms with E-state index < -0.39 is 11.9 Å². The first-order chi connectivity index (χ1) is 8.06. The summed E-state index contributed by atoms with van der Waals surface area (Å²) in [6, 6.07) is 6.23. The zero-order chi connectivity index (χ0) is 12.4. The SMILES string of the molecule is OC(Cc1cc(Br)cs1)c1ccc(Cl)cc1F. The Balaban J connectivity index is 2.17. The van der Waals surface area contributed by atoms with E-state index in [0.717, 1.165) is 9.35 Å². The molecule has 1 unspecified atom stereocenters. The van der Waals surface area contributed by atoms with E-state index in [9.17, 15) is 9.50 Å². The minimum atomic E-state index is -0.849. The number of benzene rings is 1. The van der Waals surface area contributed by atoms with Crippen LogP contribution in [0.4, 0.5) is 4.39 Å². The van der Waals surface area contributed by atoms with Crippen molar-refractivity contribution in [1.82, 2.24) is 0 Å². The fourth-order valence-corrected chi connectivity index (χ4v) is 3.18. The molecule has 1 nitrogen and oxygen atoms in total. The van der Waals surface area contributed by atoms with Gasteiger partial charge in [-0.1, -0.05) is 17.7 Å². The van der Waals surface area contributed by atoms with Crippen molar-refractivity contribution in [2.24, 2.45) is 0 Å². The van der Waals surface area contributed by atoms with E-state index in [1.54, 1.807) is 6.07 Å². The van der Waals surface area contributed by atoms with Crippen molar-refractivity contribution < 1.29 is 9.50 Å². The van der Waals surface area contributed by atoms with Crippen LogP contribution >= 0.6 is 38.9 Å². The molecule has 0 radical (unpaired) electrons. The normalized spacial score (nSPS) is 12.7. The number of thiophene rings is 1. The van der Waals surface area contributed by atoms with Gasteiger partial charge in [0, 0.05) is 31.7 Å². The Morgan fingerprint density at radius 1 is 1.41 bits per heavy atom. The van der Waals surface area contributed by atoms with Gasteiger partial charge in [-0.25, -0.2) is 4.39 Å². The van der Waals surface area contributed by atoms with Crippen LogP contribution in [-0.4, -0.2) is 5.11 Å². The lowest BCUT2D eigenvalue weighted by Crippen LogP contribution is -2.03. The third-order valence-corrected chi connectivity index (χ3v) is 4.29. The van der Waals surface area contributed by atoms with Gasteiger partial charge in [-0.05, 0) is 34.1 Å². The highest BCUT2D eigenvalue weighted by Gasteiger charge is 2.14. The fourth-order valence-electron chi connectivity index (χ4n) is 1.53. The Bertz CT molecular complexity index is 529. The van der Waals surface area contributed by atoms with E-state index in [4.69, 9.17) is 11.6 Å². The van der Waals surface area contributed by atoms with Crippen molar-refractivity contribution >= 4 is 38.9 Å². The summed E-state index contributed by atoms with van der Waals surface area (Å²) in [5.41, 5.74) is 0.277. The molecule has 90 valence electrons. The Morgan fingerprint density at radius 3 is 2.76 bits per heavy atom. The van der Waals surface area contributed by atoms with Gasteiger partial charge >= 0.3 is 0 Å². The molecular formula is C12H9BrClFOS. The quantitative estimate of drug-likeness (QED) is 0.870. The first kappa shape index (κ1) is 13.0. The summed E-state index contributed by atoms with van der Waals surface area (Å²) in [5.74, 6) is -0.472. The van der Waals surface area contributed by atoms with E-state index >= 15 is 0 Å². The molecule has 0 aliphatic heterocycles. The van der Waals surface area contributed by atoms with E-state index in [0.29, 0.717) is 11.4 Å². The zero-order valence-corrected chi connectivity index (χ0v) is 11.8. The van der Waals surface area contributed by atoms with Gasteiger partial charge < -0.3 is 5.11 Å². The van der Waals surface area contributed by atoms with Gasteiger partial charge in [0.15, 0.2) is 0 Å². The van der Waals surface area contributed by atoms with Crippen LogP contribution < -0.4 is 0 Å². The fraction of sp³-hybridized carbons (Fsp3) is 0.167. The van der Waals surface area contributed by atoms with Crippen LogP contribution in [0, 0.1) is 5.82 Å². The van der Waals surface area contributed by atoms with Gasteiger partial charge in [0.25, 0.3) is 0 Å². The minimum absolute atomic E-state index is 0.277. The molecule has 17 heavy (non-hydrogen) atoms. The molecule has 1 N–H and O–H groups in total. The maximum Gasteiger partial charge on any atom is 0.130 e. The molecule has 0 fully saturated rings. The maximum absolute atomic E-state index is 13.6. The molecule has 2 aromatic rings. The molecule has 0 spiro atoms. The van der Waals surface area contributed by atoms with E-state index in [-0.39, 0.29) is 5.56 Å². The van der Waals surface area contributed by atoms with Gasteiger partial charge in [0.05, 0.1) is 6.10 Å². The minimum Gasteiger partial charge on any atom is -0.388 e. The van der Waals surface area contributed by atoms with E-state index in [1.807, 2.05) is 11.4 Å². The Morgan fingerprint density at radius 2 is 2.18 bits per heavy atom. The zero-order valence-electron chi connectivity index (χ0n) is 8.66. The van der Waals surface area contributed by atoms with Crippen LogP contribution in [0.5, 0.6) is 0 Å². The third-order valence-electron chi connectivity index (χ3n) is 2.34. The number of hydrogen-bond acceptors (Lipinski definition) is 2. The van der Waals surface area contributed by atoms with Gasteiger partial charge in [-0.15, -0.1) is 11.3 Å². The van der Waals surface area contributed by atoms with E-state index in [1.165, 1.54) is 23.5 Å². The summed E-state index contributed by atoms with van der Waals surface area (Å²) in [6.07, 6.45) is -0.452. The Kier molecular flexibility index (Phi) is 4.20. The number of halogens is 3. The Labute approximate surface area is 116 Å². The second kappa shape index (κ2) is 5.48. The van der Waals surface area contributed by atoms with Crippen LogP contribution in [0.15, 0.2) is 34.1 Å². The average molecular weight is 336 g/mol. The summed E-state index contributed by atoms with van der Waals surface area (Å²) in [7, 11) is 0. The summed E-state index contributed by atoms with van der Waals surface area (Å²) in [4.78, 5) is 0.999. The van der Waals surface area contributed by atoms with Crippen molar-refractivity contribution in [1.29, 1.82) is 0 Å². The van der Waals surface area contributed by atoms with Crippen LogP contribution in [0.3, 0.4) is 0 Å². The first-order valence-electron chi connectivity index (χ1n) is 4.92. The van der Waals surface area contributed by atoms with Crippen LogP contribution in [0.25, 0.3) is 0 Å². The van der Waals surface area contributed by atoms with Gasteiger partial charge in [-0.2, -0.15) is 0 Å². The lowest BCUT2D eigenvalue weighted by atomic mass is 10.1.